The van der Waals surface area contributed by atoms with E-state index in [1.165, 1.54) is 12.1 Å². The molecule has 51 heavy (non-hydrogen) atoms. The van der Waals surface area contributed by atoms with Gasteiger partial charge in [0.25, 0.3) is 0 Å². The van der Waals surface area contributed by atoms with Crippen LogP contribution in [0.4, 0.5) is 10.5 Å². The van der Waals surface area contributed by atoms with Crippen molar-refractivity contribution in [2.75, 3.05) is 31.5 Å². The smallest absolute Gasteiger partial charge is 0.411 e. The number of anilines is 1. The van der Waals surface area contributed by atoms with Gasteiger partial charge in [-0.25, -0.2) is 4.79 Å². The van der Waals surface area contributed by atoms with E-state index in [-0.39, 0.29) is 29.9 Å². The normalized spacial score (nSPS) is 14.2. The number of carbonyl (C=O) groups is 2. The van der Waals surface area contributed by atoms with Crippen molar-refractivity contribution in [3.8, 4) is 16.9 Å². The van der Waals surface area contributed by atoms with Crippen molar-refractivity contribution in [3.05, 3.63) is 130 Å². The van der Waals surface area contributed by atoms with Crippen molar-refractivity contribution in [3.63, 3.8) is 0 Å². The van der Waals surface area contributed by atoms with Gasteiger partial charge in [-0.3, -0.25) is 14.9 Å². The Kier molecular flexibility index (Phi) is 11.7. The Bertz CT molecular complexity index is 1990. The van der Waals surface area contributed by atoms with Crippen LogP contribution < -0.4 is 21.5 Å². The number of aromatic hydroxyl groups is 1. The number of aliphatic hydroxyl groups is 1. The number of carbonyl (C=O) groups excluding carboxylic acids is 2. The molecular weight excluding hydrogens is 646 g/mol. The fourth-order valence-electron chi connectivity index (χ4n) is 6.34. The average Bonchev–Trinajstić information content (AvgIpc) is 3.15. The number of fused-ring (bicyclic) bond motifs is 1. The van der Waals surface area contributed by atoms with Crippen LogP contribution in [0, 0.1) is 0 Å². The lowest BCUT2D eigenvalue weighted by molar-refractivity contribution is -0.121. The van der Waals surface area contributed by atoms with Gasteiger partial charge >= 0.3 is 6.09 Å². The largest absolute Gasteiger partial charge is 0.506 e. The number of para-hydroxylation sites is 1. The number of aromatic nitrogens is 1. The number of phenolic OH excluding ortho intramolecular Hbond substituents is 1. The first-order valence-corrected chi connectivity index (χ1v) is 17.2. The molecule has 0 radical (unpaired) electrons. The number of pyridine rings is 1. The van der Waals surface area contributed by atoms with Crippen LogP contribution in [0.15, 0.2) is 108 Å². The van der Waals surface area contributed by atoms with Crippen LogP contribution in [-0.2, 0) is 22.6 Å². The van der Waals surface area contributed by atoms with E-state index >= 15 is 0 Å². The summed E-state index contributed by atoms with van der Waals surface area (Å²) in [6.07, 6.45) is 0.345. The molecule has 4 aromatic carbocycles. The lowest BCUT2D eigenvalue weighted by Crippen LogP contribution is -2.40. The molecule has 264 valence electrons. The first kappa shape index (κ1) is 35.3. The molecule has 6 rings (SSSR count). The molecule has 1 aromatic heterocycles. The zero-order valence-corrected chi connectivity index (χ0v) is 28.3. The van der Waals surface area contributed by atoms with E-state index < -0.39 is 12.2 Å². The number of likely N-dealkylation sites (tertiary alicyclic amines) is 1. The van der Waals surface area contributed by atoms with E-state index in [0.29, 0.717) is 61.1 Å². The number of H-pyrrole nitrogens is 1. The van der Waals surface area contributed by atoms with Crippen LogP contribution >= 0.6 is 0 Å². The molecule has 1 atom stereocenters. The van der Waals surface area contributed by atoms with Crippen molar-refractivity contribution in [2.24, 2.45) is 0 Å². The van der Waals surface area contributed by atoms with E-state index in [1.807, 2.05) is 78.9 Å². The summed E-state index contributed by atoms with van der Waals surface area (Å²) in [6, 6.07) is 31.6. The number of hydrogen-bond donors (Lipinski definition) is 6. The molecule has 5 aromatic rings. The number of piperidine rings is 1. The number of rotatable bonds is 13. The quantitative estimate of drug-likeness (QED) is 0.0955. The molecule has 11 nitrogen and oxygen atoms in total. The summed E-state index contributed by atoms with van der Waals surface area (Å²) < 4.78 is 5.74. The Labute approximate surface area is 296 Å². The van der Waals surface area contributed by atoms with Gasteiger partial charge in [0, 0.05) is 62.7 Å². The molecule has 0 saturated carbocycles. The van der Waals surface area contributed by atoms with Crippen LogP contribution in [0.2, 0.25) is 0 Å². The lowest BCUT2D eigenvalue weighted by Gasteiger charge is -2.31. The molecule has 1 fully saturated rings. The van der Waals surface area contributed by atoms with Gasteiger partial charge in [0.05, 0.1) is 17.3 Å². The fourth-order valence-corrected chi connectivity index (χ4v) is 6.34. The van der Waals surface area contributed by atoms with Gasteiger partial charge in [-0.2, -0.15) is 0 Å². The summed E-state index contributed by atoms with van der Waals surface area (Å²) in [5.41, 5.74) is 5.26. The van der Waals surface area contributed by atoms with Crippen molar-refractivity contribution in [1.82, 2.24) is 20.5 Å². The number of ether oxygens (including phenoxy) is 1. The minimum absolute atomic E-state index is 0.0182. The monoisotopic (exact) mass is 689 g/mol. The summed E-state index contributed by atoms with van der Waals surface area (Å²) in [5.74, 6) is -0.0640. The zero-order valence-electron chi connectivity index (χ0n) is 28.3. The molecule has 2 amide bonds. The van der Waals surface area contributed by atoms with E-state index in [2.05, 4.69) is 25.8 Å². The van der Waals surface area contributed by atoms with Crippen LogP contribution in [-0.4, -0.2) is 64.4 Å². The average molecular weight is 690 g/mol. The van der Waals surface area contributed by atoms with Crippen molar-refractivity contribution in [2.45, 2.75) is 44.6 Å². The third-order valence-electron chi connectivity index (χ3n) is 9.16. The number of hydrogen-bond acceptors (Lipinski definition) is 8. The molecule has 0 unspecified atom stereocenters. The maximum atomic E-state index is 12.7. The molecule has 0 bridgehead atoms. The number of amides is 2. The Morgan fingerprint density at radius 1 is 0.863 bits per heavy atom. The SMILES string of the molecule is O=C(CCN1CCC(OC(=O)Nc2ccccc2-c2ccccc2)CC1)NCc1ccc(CNC[C@@H](O)c2ccc(O)c3[nH]c(=O)ccc23)cc1. The lowest BCUT2D eigenvalue weighted by atomic mass is 10.0. The standard InChI is InChI=1S/C40H43N5O6/c46-35-16-14-32(33-15-17-38(49)44-39(33)35)36(47)26-41-24-27-10-12-28(13-11-27)25-42-37(48)20-23-45-21-18-30(19-22-45)51-40(50)43-34-9-5-4-8-31(34)29-6-2-1-3-7-29/h1-17,30,36,41,46-47H,18-26H2,(H,42,48)(H,43,50)(H,44,49)/t36-/m1/s1. The van der Waals surface area contributed by atoms with Crippen LogP contribution in [0.5, 0.6) is 5.75 Å². The van der Waals surface area contributed by atoms with E-state index in [4.69, 9.17) is 4.74 Å². The molecule has 11 heteroatoms. The number of aliphatic hydroxyl groups excluding tert-OH is 1. The molecule has 0 spiro atoms. The molecule has 1 aliphatic heterocycles. The predicted octanol–water partition coefficient (Wildman–Crippen LogP) is 5.44. The second kappa shape index (κ2) is 16.9. The van der Waals surface area contributed by atoms with Crippen LogP contribution in [0.1, 0.15) is 42.1 Å². The minimum atomic E-state index is -0.839. The third-order valence-corrected chi connectivity index (χ3v) is 9.16. The highest BCUT2D eigenvalue weighted by atomic mass is 16.6. The van der Waals surface area contributed by atoms with Crippen molar-refractivity contribution >= 4 is 28.6 Å². The van der Waals surface area contributed by atoms with Gasteiger partial charge in [-0.1, -0.05) is 78.9 Å². The van der Waals surface area contributed by atoms with E-state index in [0.717, 1.165) is 35.3 Å². The summed E-state index contributed by atoms with van der Waals surface area (Å²) in [6.45, 7) is 3.39. The minimum Gasteiger partial charge on any atom is -0.506 e. The van der Waals surface area contributed by atoms with Crippen LogP contribution in [0.3, 0.4) is 0 Å². The van der Waals surface area contributed by atoms with Gasteiger partial charge in [0.2, 0.25) is 11.5 Å². The number of phenols is 1. The summed E-state index contributed by atoms with van der Waals surface area (Å²) in [7, 11) is 0. The van der Waals surface area contributed by atoms with Gasteiger partial charge in [0.15, 0.2) is 0 Å². The van der Waals surface area contributed by atoms with Gasteiger partial charge in [-0.05, 0) is 53.3 Å². The number of aromatic amines is 1. The van der Waals surface area contributed by atoms with E-state index in [9.17, 15) is 24.6 Å². The predicted molar refractivity (Wildman–Crippen MR) is 197 cm³/mol. The second-order valence-electron chi connectivity index (χ2n) is 12.8. The first-order valence-electron chi connectivity index (χ1n) is 17.2. The van der Waals surface area contributed by atoms with Gasteiger partial charge in [0.1, 0.15) is 11.9 Å². The fraction of sp³-hybridized carbons (Fsp3) is 0.275. The molecule has 1 aliphatic rings. The third kappa shape index (κ3) is 9.61. The molecule has 6 N–H and O–H groups in total. The summed E-state index contributed by atoms with van der Waals surface area (Å²) >= 11 is 0. The molecular formula is C40H43N5O6. The Morgan fingerprint density at radius 3 is 2.33 bits per heavy atom. The zero-order chi connectivity index (χ0) is 35.6. The maximum absolute atomic E-state index is 12.7. The van der Waals surface area contributed by atoms with Gasteiger partial charge in [-0.15, -0.1) is 0 Å². The Hall–Kier alpha value is -5.49. The maximum Gasteiger partial charge on any atom is 0.411 e. The summed E-state index contributed by atoms with van der Waals surface area (Å²) in [4.78, 5) is 41.8. The topological polar surface area (TPSA) is 156 Å². The Morgan fingerprint density at radius 2 is 1.57 bits per heavy atom. The summed E-state index contributed by atoms with van der Waals surface area (Å²) in [5, 5.41) is 30.6. The van der Waals surface area contributed by atoms with E-state index in [1.54, 1.807) is 12.1 Å². The number of benzene rings is 4. The molecule has 1 saturated heterocycles. The second-order valence-corrected chi connectivity index (χ2v) is 12.8. The highest BCUT2D eigenvalue weighted by molar-refractivity contribution is 5.91. The van der Waals surface area contributed by atoms with Gasteiger partial charge < -0.3 is 35.5 Å². The number of nitrogens with zero attached hydrogens (tertiary/aromatic N) is 1. The Balaban J connectivity index is 0.864. The molecule has 2 heterocycles. The highest BCUT2D eigenvalue weighted by Gasteiger charge is 2.23. The van der Waals surface area contributed by atoms with Crippen LogP contribution in [0.25, 0.3) is 22.0 Å². The van der Waals surface area contributed by atoms with Crippen molar-refractivity contribution in [1.29, 1.82) is 0 Å². The molecule has 0 aliphatic carbocycles. The first-order chi connectivity index (χ1) is 24.8. The highest BCUT2D eigenvalue weighted by Crippen LogP contribution is 2.29. The van der Waals surface area contributed by atoms with Crippen molar-refractivity contribution < 1.29 is 24.5 Å². The number of nitrogens with one attached hydrogen (secondary N) is 4.